The summed E-state index contributed by atoms with van der Waals surface area (Å²) in [5, 5.41) is 11.9. The van der Waals surface area contributed by atoms with E-state index in [4.69, 9.17) is 15.6 Å². The summed E-state index contributed by atoms with van der Waals surface area (Å²) in [6.07, 6.45) is -0.961. The number of anilines is 2. The monoisotopic (exact) mass is 482 g/mol. The van der Waals surface area contributed by atoms with Crippen LogP contribution in [0.15, 0.2) is 11.0 Å². The Hall–Kier alpha value is -3.15. The first-order chi connectivity index (χ1) is 16.2. The molecule has 2 saturated carbocycles. The highest BCUT2D eigenvalue weighted by Crippen LogP contribution is 2.48. The predicted octanol–water partition coefficient (Wildman–Crippen LogP) is 2.60. The number of pyridine rings is 1. The van der Waals surface area contributed by atoms with Crippen molar-refractivity contribution in [1.29, 1.82) is 0 Å². The number of alkyl halides is 2. The molecule has 1 aromatic heterocycles. The lowest BCUT2D eigenvalue weighted by Crippen LogP contribution is -2.30. The van der Waals surface area contributed by atoms with E-state index in [1.54, 1.807) is 0 Å². The first kappa shape index (κ1) is 22.6. The SMILES string of the molecule is COc1c(N2C[C@H](CNC3CC3)[C@H](F)C2)c(F)c(N)c2c(=O)c(OC(=O)O)cn([C@@H]3C[C@@H]3F)c12. The van der Waals surface area contributed by atoms with Crippen LogP contribution < -0.4 is 30.9 Å². The molecule has 12 heteroatoms. The number of hydrogen-bond donors (Lipinski definition) is 3. The van der Waals surface area contributed by atoms with Gasteiger partial charge in [0.05, 0.1) is 35.9 Å². The minimum Gasteiger partial charge on any atom is -0.492 e. The summed E-state index contributed by atoms with van der Waals surface area (Å²) in [5.74, 6) is -2.09. The number of benzene rings is 1. The third-order valence-corrected chi connectivity index (χ3v) is 6.71. The number of methoxy groups -OCH3 is 1. The number of halogens is 3. The molecule has 1 aromatic carbocycles. The molecule has 3 fully saturated rings. The van der Waals surface area contributed by atoms with E-state index in [0.29, 0.717) is 12.6 Å². The maximum atomic E-state index is 15.6. The molecule has 3 aliphatic rings. The highest BCUT2D eigenvalue weighted by atomic mass is 19.1. The van der Waals surface area contributed by atoms with Crippen LogP contribution in [0, 0.1) is 11.7 Å². The second-order valence-electron chi connectivity index (χ2n) is 9.11. The van der Waals surface area contributed by atoms with E-state index in [0.717, 1.165) is 19.0 Å². The van der Waals surface area contributed by atoms with E-state index in [9.17, 15) is 18.4 Å². The number of nitrogen functional groups attached to an aromatic ring is 1. The Kier molecular flexibility index (Phi) is 5.50. The van der Waals surface area contributed by atoms with Crippen molar-refractivity contribution in [3.05, 3.63) is 22.2 Å². The smallest absolute Gasteiger partial charge is 0.492 e. The Morgan fingerprint density at radius 1 is 1.29 bits per heavy atom. The average Bonchev–Trinajstić information content (AvgIpc) is 3.70. The number of nitrogens with two attached hydrogens (primary N) is 1. The third-order valence-electron chi connectivity index (χ3n) is 6.71. The molecule has 0 amide bonds. The van der Waals surface area contributed by atoms with Crippen molar-refractivity contribution in [3.8, 4) is 11.5 Å². The van der Waals surface area contributed by atoms with Crippen LogP contribution in [0.3, 0.4) is 0 Å². The molecule has 0 unspecified atom stereocenters. The minimum absolute atomic E-state index is 0.0132. The zero-order chi connectivity index (χ0) is 24.3. The van der Waals surface area contributed by atoms with Gasteiger partial charge in [0.15, 0.2) is 17.3 Å². The lowest BCUT2D eigenvalue weighted by molar-refractivity contribution is 0.143. The Morgan fingerprint density at radius 2 is 2.00 bits per heavy atom. The number of rotatable bonds is 7. The van der Waals surface area contributed by atoms with Crippen LogP contribution in [0.1, 0.15) is 25.3 Å². The molecule has 34 heavy (non-hydrogen) atoms. The van der Waals surface area contributed by atoms with Crippen LogP contribution in [-0.2, 0) is 0 Å². The number of aromatic nitrogens is 1. The first-order valence-corrected chi connectivity index (χ1v) is 11.1. The van der Waals surface area contributed by atoms with E-state index in [1.807, 2.05) is 0 Å². The second kappa shape index (κ2) is 8.26. The predicted molar refractivity (Wildman–Crippen MR) is 118 cm³/mol. The Labute approximate surface area is 192 Å². The van der Waals surface area contributed by atoms with Crippen LogP contribution >= 0.6 is 0 Å². The van der Waals surface area contributed by atoms with Crippen molar-refractivity contribution < 1.29 is 32.5 Å². The number of fused-ring (bicyclic) bond motifs is 1. The molecule has 0 spiro atoms. The van der Waals surface area contributed by atoms with Crippen molar-refractivity contribution in [1.82, 2.24) is 9.88 Å². The van der Waals surface area contributed by atoms with E-state index in [2.05, 4.69) is 10.1 Å². The van der Waals surface area contributed by atoms with E-state index in [-0.39, 0.29) is 47.8 Å². The standard InChI is InChI=1S/C22H25F3N4O5/c1-33-21-18-15(20(30)14(34-22(31)32)8-29(18)13-4-11(13)23)17(26)16(25)19(21)28-6-9(12(24)7-28)5-27-10-2-3-10/h8-13,27H,2-7,26H2,1H3,(H,31,32)/t9-,11-,12+,13+/m0/s1. The topological polar surface area (TPSA) is 119 Å². The van der Waals surface area contributed by atoms with Gasteiger partial charge in [-0.3, -0.25) is 4.79 Å². The second-order valence-corrected chi connectivity index (χ2v) is 9.11. The highest BCUT2D eigenvalue weighted by molar-refractivity contribution is 6.01. The quantitative estimate of drug-likeness (QED) is 0.407. The van der Waals surface area contributed by atoms with E-state index in [1.165, 1.54) is 16.6 Å². The molecule has 4 atom stereocenters. The van der Waals surface area contributed by atoms with Gasteiger partial charge in [-0.05, 0) is 12.8 Å². The fraction of sp³-hybridized carbons (Fsp3) is 0.545. The van der Waals surface area contributed by atoms with Crippen LogP contribution in [0.4, 0.5) is 29.3 Å². The van der Waals surface area contributed by atoms with Crippen LogP contribution in [0.5, 0.6) is 11.5 Å². The minimum atomic E-state index is -1.75. The van der Waals surface area contributed by atoms with Crippen LogP contribution in [0.2, 0.25) is 0 Å². The van der Waals surface area contributed by atoms with E-state index < -0.39 is 47.2 Å². The summed E-state index contributed by atoms with van der Waals surface area (Å²) in [5.41, 5.74) is 4.41. The van der Waals surface area contributed by atoms with Crippen molar-refractivity contribution in [2.75, 3.05) is 37.4 Å². The molecule has 0 radical (unpaired) electrons. The van der Waals surface area contributed by atoms with Gasteiger partial charge in [-0.25, -0.2) is 18.0 Å². The van der Waals surface area contributed by atoms with Gasteiger partial charge >= 0.3 is 6.16 Å². The van der Waals surface area contributed by atoms with Gasteiger partial charge in [0, 0.05) is 38.0 Å². The number of ether oxygens (including phenoxy) is 2. The zero-order valence-electron chi connectivity index (χ0n) is 18.4. The molecule has 1 saturated heterocycles. The molecule has 5 rings (SSSR count). The molecule has 2 aromatic rings. The highest BCUT2D eigenvalue weighted by Gasteiger charge is 2.43. The maximum Gasteiger partial charge on any atom is 0.511 e. The van der Waals surface area contributed by atoms with Crippen LogP contribution in [-0.4, -0.2) is 61.0 Å². The summed E-state index contributed by atoms with van der Waals surface area (Å²) in [6.45, 7) is 0.537. The molecule has 2 aliphatic carbocycles. The van der Waals surface area contributed by atoms with Gasteiger partial charge < -0.3 is 35.1 Å². The number of nitrogens with zero attached hydrogens (tertiary/aromatic N) is 2. The Morgan fingerprint density at radius 3 is 2.59 bits per heavy atom. The number of nitrogens with one attached hydrogen (secondary N) is 1. The fourth-order valence-electron chi connectivity index (χ4n) is 4.70. The Balaban J connectivity index is 1.66. The molecular weight excluding hydrogens is 457 g/mol. The number of carbonyl (C=O) groups is 1. The molecule has 184 valence electrons. The number of hydrogen-bond acceptors (Lipinski definition) is 7. The molecular formula is C22H25F3N4O5. The maximum absolute atomic E-state index is 15.6. The third kappa shape index (κ3) is 3.79. The molecule has 4 N–H and O–H groups in total. The molecule has 0 bridgehead atoms. The summed E-state index contributed by atoms with van der Waals surface area (Å²) in [4.78, 5) is 25.5. The van der Waals surface area contributed by atoms with Crippen LogP contribution in [0.25, 0.3) is 10.9 Å². The van der Waals surface area contributed by atoms with Gasteiger partial charge in [-0.2, -0.15) is 0 Å². The van der Waals surface area contributed by atoms with E-state index >= 15 is 4.39 Å². The van der Waals surface area contributed by atoms with Gasteiger partial charge in [0.1, 0.15) is 18.0 Å². The molecule has 2 heterocycles. The summed E-state index contributed by atoms with van der Waals surface area (Å²) < 4.78 is 55.9. The van der Waals surface area contributed by atoms with Gasteiger partial charge in [0.2, 0.25) is 5.43 Å². The Bertz CT molecular complexity index is 1220. The summed E-state index contributed by atoms with van der Waals surface area (Å²) in [6, 6.07) is -0.346. The van der Waals surface area contributed by atoms with Gasteiger partial charge in [-0.1, -0.05) is 0 Å². The normalized spacial score (nSPS) is 26.2. The van der Waals surface area contributed by atoms with Gasteiger partial charge in [-0.15, -0.1) is 0 Å². The fourth-order valence-corrected chi connectivity index (χ4v) is 4.70. The number of carboxylic acid groups (broad SMARTS) is 1. The molecule has 9 nitrogen and oxygen atoms in total. The lowest BCUT2D eigenvalue weighted by Gasteiger charge is -2.25. The van der Waals surface area contributed by atoms with Crippen molar-refractivity contribution in [2.45, 2.75) is 43.7 Å². The molecule has 1 aliphatic heterocycles. The van der Waals surface area contributed by atoms with Crippen molar-refractivity contribution >= 4 is 28.4 Å². The largest absolute Gasteiger partial charge is 0.511 e. The first-order valence-electron chi connectivity index (χ1n) is 11.1. The van der Waals surface area contributed by atoms with Crippen molar-refractivity contribution in [2.24, 2.45) is 5.92 Å². The van der Waals surface area contributed by atoms with Crippen molar-refractivity contribution in [3.63, 3.8) is 0 Å². The van der Waals surface area contributed by atoms with Gasteiger partial charge in [0.25, 0.3) is 0 Å². The average molecular weight is 482 g/mol. The zero-order valence-corrected chi connectivity index (χ0v) is 18.4. The lowest BCUT2D eigenvalue weighted by atomic mass is 10.1. The summed E-state index contributed by atoms with van der Waals surface area (Å²) in [7, 11) is 1.26. The summed E-state index contributed by atoms with van der Waals surface area (Å²) >= 11 is 0.